The Labute approximate surface area is 121 Å². The van der Waals surface area contributed by atoms with E-state index in [1.807, 2.05) is 12.1 Å². The second-order valence-corrected chi connectivity index (χ2v) is 5.52. The second kappa shape index (κ2) is 6.92. The number of amides is 1. The lowest BCUT2D eigenvalue weighted by atomic mass is 9.90. The summed E-state index contributed by atoms with van der Waals surface area (Å²) in [6.07, 6.45) is 2.49. The summed E-state index contributed by atoms with van der Waals surface area (Å²) in [4.78, 5) is 12.0. The van der Waals surface area contributed by atoms with Gasteiger partial charge in [-0.2, -0.15) is 0 Å². The molecule has 1 fully saturated rings. The van der Waals surface area contributed by atoms with E-state index in [9.17, 15) is 4.79 Å². The maximum Gasteiger partial charge on any atom is 0.224 e. The molecular weight excluding hydrogens is 260 g/mol. The third-order valence-corrected chi connectivity index (χ3v) is 3.63. The average molecular weight is 283 g/mol. The van der Waals surface area contributed by atoms with E-state index in [2.05, 4.69) is 36.6 Å². The number of hydrogen-bond acceptors (Lipinski definition) is 2. The number of benzene rings is 1. The number of hydrogen-bond donors (Lipinski definition) is 2. The highest BCUT2D eigenvalue weighted by atomic mass is 35.5. The van der Waals surface area contributed by atoms with Gasteiger partial charge >= 0.3 is 0 Å². The second-order valence-electron chi connectivity index (χ2n) is 5.52. The first kappa shape index (κ1) is 16.0. The first-order valence-electron chi connectivity index (χ1n) is 6.65. The van der Waals surface area contributed by atoms with Crippen LogP contribution in [0, 0.1) is 6.92 Å². The van der Waals surface area contributed by atoms with Crippen LogP contribution in [0.5, 0.6) is 0 Å². The van der Waals surface area contributed by atoms with Gasteiger partial charge < -0.3 is 10.6 Å². The fourth-order valence-corrected chi connectivity index (χ4v) is 2.38. The van der Waals surface area contributed by atoms with Crippen molar-refractivity contribution in [1.82, 2.24) is 10.6 Å². The van der Waals surface area contributed by atoms with Crippen LogP contribution in [0.2, 0.25) is 0 Å². The van der Waals surface area contributed by atoms with Crippen molar-refractivity contribution in [1.29, 1.82) is 0 Å². The van der Waals surface area contributed by atoms with E-state index in [1.165, 1.54) is 5.56 Å². The maximum atomic E-state index is 12.0. The van der Waals surface area contributed by atoms with Gasteiger partial charge in [0.15, 0.2) is 0 Å². The fourth-order valence-electron chi connectivity index (χ4n) is 2.38. The summed E-state index contributed by atoms with van der Waals surface area (Å²) in [5.74, 6) is 0.128. The van der Waals surface area contributed by atoms with Crippen LogP contribution in [0.15, 0.2) is 24.3 Å². The summed E-state index contributed by atoms with van der Waals surface area (Å²) in [5, 5.41) is 6.50. The van der Waals surface area contributed by atoms with Crippen LogP contribution >= 0.6 is 12.4 Å². The normalized spacial score (nSPS) is 17.4. The SMILES string of the molecule is Cc1ccc(CC(=O)NC2(C)CCNCC2)cc1.Cl. The number of carbonyl (C=O) groups is 1. The molecule has 0 atom stereocenters. The largest absolute Gasteiger partial charge is 0.351 e. The topological polar surface area (TPSA) is 41.1 Å². The summed E-state index contributed by atoms with van der Waals surface area (Å²) in [7, 11) is 0. The molecule has 0 unspecified atom stereocenters. The monoisotopic (exact) mass is 282 g/mol. The van der Waals surface area contributed by atoms with Gasteiger partial charge in [-0.05, 0) is 45.3 Å². The van der Waals surface area contributed by atoms with Crippen LogP contribution in [-0.2, 0) is 11.2 Å². The van der Waals surface area contributed by atoms with Crippen molar-refractivity contribution in [3.05, 3.63) is 35.4 Å². The van der Waals surface area contributed by atoms with Crippen LogP contribution in [0.3, 0.4) is 0 Å². The van der Waals surface area contributed by atoms with E-state index in [0.717, 1.165) is 31.5 Å². The van der Waals surface area contributed by atoms with Crippen molar-refractivity contribution in [2.24, 2.45) is 0 Å². The van der Waals surface area contributed by atoms with Crippen molar-refractivity contribution in [3.8, 4) is 0 Å². The Morgan fingerprint density at radius 1 is 1.26 bits per heavy atom. The molecule has 2 N–H and O–H groups in total. The zero-order chi connectivity index (χ0) is 13.0. The molecule has 0 radical (unpaired) electrons. The molecule has 1 aliphatic heterocycles. The first-order chi connectivity index (χ1) is 8.57. The highest BCUT2D eigenvalue weighted by Gasteiger charge is 2.27. The standard InChI is InChI=1S/C15H22N2O.ClH/c1-12-3-5-13(6-4-12)11-14(18)17-15(2)7-9-16-10-8-15;/h3-6,16H,7-11H2,1-2H3,(H,17,18);1H. The minimum Gasteiger partial charge on any atom is -0.351 e. The summed E-state index contributed by atoms with van der Waals surface area (Å²) >= 11 is 0. The summed E-state index contributed by atoms with van der Waals surface area (Å²) in [6, 6.07) is 8.16. The van der Waals surface area contributed by atoms with Crippen LogP contribution in [0.4, 0.5) is 0 Å². The molecule has 0 saturated carbocycles. The van der Waals surface area contributed by atoms with Gasteiger partial charge in [-0.1, -0.05) is 29.8 Å². The number of carbonyl (C=O) groups excluding carboxylic acids is 1. The zero-order valence-electron chi connectivity index (χ0n) is 11.7. The number of piperidine rings is 1. The third kappa shape index (κ3) is 4.84. The predicted molar refractivity (Wildman–Crippen MR) is 80.8 cm³/mol. The molecular formula is C15H23ClN2O. The van der Waals surface area contributed by atoms with Crippen molar-refractivity contribution < 1.29 is 4.79 Å². The van der Waals surface area contributed by atoms with Crippen molar-refractivity contribution in [2.45, 2.75) is 38.6 Å². The van der Waals surface area contributed by atoms with E-state index >= 15 is 0 Å². The van der Waals surface area contributed by atoms with Crippen LogP contribution in [0.1, 0.15) is 30.9 Å². The summed E-state index contributed by atoms with van der Waals surface area (Å²) in [5.41, 5.74) is 2.27. The van der Waals surface area contributed by atoms with Gasteiger partial charge in [-0.3, -0.25) is 4.79 Å². The maximum absolute atomic E-state index is 12.0. The van der Waals surface area contributed by atoms with Gasteiger partial charge in [-0.15, -0.1) is 12.4 Å². The van der Waals surface area contributed by atoms with Gasteiger partial charge in [-0.25, -0.2) is 0 Å². The molecule has 0 spiro atoms. The Morgan fingerprint density at radius 2 is 1.84 bits per heavy atom. The molecule has 1 amide bonds. The Morgan fingerprint density at radius 3 is 2.42 bits per heavy atom. The number of aryl methyl sites for hydroxylation is 1. The van der Waals surface area contributed by atoms with Gasteiger partial charge in [0.2, 0.25) is 5.91 Å². The molecule has 1 aliphatic rings. The lowest BCUT2D eigenvalue weighted by Gasteiger charge is -2.35. The minimum atomic E-state index is -0.0347. The molecule has 19 heavy (non-hydrogen) atoms. The smallest absolute Gasteiger partial charge is 0.224 e. The molecule has 0 aromatic heterocycles. The van der Waals surface area contributed by atoms with Gasteiger partial charge in [0, 0.05) is 5.54 Å². The molecule has 4 heteroatoms. The molecule has 1 aromatic carbocycles. The van der Waals surface area contributed by atoms with E-state index in [1.54, 1.807) is 0 Å². The number of rotatable bonds is 3. The molecule has 3 nitrogen and oxygen atoms in total. The molecule has 1 aromatic rings. The van der Waals surface area contributed by atoms with Crippen LogP contribution in [-0.4, -0.2) is 24.5 Å². The summed E-state index contributed by atoms with van der Waals surface area (Å²) in [6.45, 7) is 6.17. The molecule has 2 rings (SSSR count). The molecule has 1 heterocycles. The van der Waals surface area contributed by atoms with E-state index in [4.69, 9.17) is 0 Å². The van der Waals surface area contributed by atoms with Crippen LogP contribution in [0.25, 0.3) is 0 Å². The van der Waals surface area contributed by atoms with Gasteiger partial charge in [0.25, 0.3) is 0 Å². The van der Waals surface area contributed by atoms with Crippen LogP contribution < -0.4 is 10.6 Å². The predicted octanol–water partition coefficient (Wildman–Crippen LogP) is 2.22. The van der Waals surface area contributed by atoms with E-state index < -0.39 is 0 Å². The van der Waals surface area contributed by atoms with Crippen molar-refractivity contribution in [2.75, 3.05) is 13.1 Å². The van der Waals surface area contributed by atoms with Gasteiger partial charge in [0.1, 0.15) is 0 Å². The minimum absolute atomic E-state index is 0. The Bertz CT molecular complexity index is 411. The number of nitrogens with one attached hydrogen (secondary N) is 2. The van der Waals surface area contributed by atoms with Gasteiger partial charge in [0.05, 0.1) is 6.42 Å². The average Bonchev–Trinajstić information content (AvgIpc) is 2.32. The lowest BCUT2D eigenvalue weighted by molar-refractivity contribution is -0.122. The Balaban J connectivity index is 0.00000180. The zero-order valence-corrected chi connectivity index (χ0v) is 12.5. The molecule has 0 bridgehead atoms. The van der Waals surface area contributed by atoms with E-state index in [0.29, 0.717) is 6.42 Å². The van der Waals surface area contributed by atoms with Crippen molar-refractivity contribution in [3.63, 3.8) is 0 Å². The highest BCUT2D eigenvalue weighted by molar-refractivity contribution is 5.85. The quantitative estimate of drug-likeness (QED) is 0.893. The molecule has 1 saturated heterocycles. The molecule has 106 valence electrons. The first-order valence-corrected chi connectivity index (χ1v) is 6.65. The lowest BCUT2D eigenvalue weighted by Crippen LogP contribution is -2.52. The Kier molecular flexibility index (Phi) is 5.83. The number of halogens is 1. The van der Waals surface area contributed by atoms with Crippen molar-refractivity contribution >= 4 is 18.3 Å². The van der Waals surface area contributed by atoms with E-state index in [-0.39, 0.29) is 23.9 Å². The fraction of sp³-hybridized carbons (Fsp3) is 0.533. The highest BCUT2D eigenvalue weighted by Crippen LogP contribution is 2.17. The molecule has 0 aliphatic carbocycles. The summed E-state index contributed by atoms with van der Waals surface area (Å²) < 4.78 is 0. The Hall–Kier alpha value is -1.06. The third-order valence-electron chi connectivity index (χ3n) is 3.63.